The lowest BCUT2D eigenvalue weighted by Crippen LogP contribution is -2.49. The average molecular weight is 325 g/mol. The second-order valence-corrected chi connectivity index (χ2v) is 7.60. The van der Waals surface area contributed by atoms with Crippen LogP contribution in [0.5, 0.6) is 0 Å². The van der Waals surface area contributed by atoms with E-state index < -0.39 is 10.0 Å². The second kappa shape index (κ2) is 6.76. The molecule has 0 aromatic heterocycles. The van der Waals surface area contributed by atoms with E-state index in [0.717, 1.165) is 18.7 Å². The van der Waals surface area contributed by atoms with Crippen LogP contribution in [-0.2, 0) is 14.8 Å². The van der Waals surface area contributed by atoms with Gasteiger partial charge in [-0.2, -0.15) is 0 Å². The molecule has 1 aliphatic rings. The SMILES string of the molecule is CNS(=O)(=O)c1ccc(C(C)NC(=O)C(C)C2CNC2)cc1. The minimum absolute atomic E-state index is 0.0207. The Kier molecular flexibility index (Phi) is 5.20. The number of nitrogens with one attached hydrogen (secondary N) is 3. The molecule has 1 saturated heterocycles. The summed E-state index contributed by atoms with van der Waals surface area (Å²) in [6.45, 7) is 5.61. The molecule has 0 bridgehead atoms. The van der Waals surface area contributed by atoms with Crippen molar-refractivity contribution in [2.24, 2.45) is 11.8 Å². The molecule has 0 aliphatic carbocycles. The van der Waals surface area contributed by atoms with E-state index >= 15 is 0 Å². The van der Waals surface area contributed by atoms with Crippen molar-refractivity contribution in [3.63, 3.8) is 0 Å². The molecule has 7 heteroatoms. The molecule has 1 aliphatic heterocycles. The van der Waals surface area contributed by atoms with Crippen LogP contribution in [0.25, 0.3) is 0 Å². The highest BCUT2D eigenvalue weighted by molar-refractivity contribution is 7.89. The number of rotatable bonds is 6. The largest absolute Gasteiger partial charge is 0.349 e. The van der Waals surface area contributed by atoms with Crippen molar-refractivity contribution in [2.45, 2.75) is 24.8 Å². The fourth-order valence-corrected chi connectivity index (χ4v) is 3.09. The van der Waals surface area contributed by atoms with Crippen LogP contribution in [0.1, 0.15) is 25.5 Å². The van der Waals surface area contributed by atoms with Crippen molar-refractivity contribution in [1.82, 2.24) is 15.4 Å². The normalized spacial score (nSPS) is 18.3. The summed E-state index contributed by atoms with van der Waals surface area (Å²) < 4.78 is 25.6. The number of sulfonamides is 1. The Morgan fingerprint density at radius 2 is 1.82 bits per heavy atom. The zero-order chi connectivity index (χ0) is 16.3. The molecule has 1 aromatic rings. The Hall–Kier alpha value is -1.44. The van der Waals surface area contributed by atoms with Crippen LogP contribution in [-0.4, -0.2) is 34.5 Å². The van der Waals surface area contributed by atoms with Crippen LogP contribution in [0.15, 0.2) is 29.2 Å². The van der Waals surface area contributed by atoms with Crippen LogP contribution >= 0.6 is 0 Å². The maximum atomic E-state index is 12.2. The van der Waals surface area contributed by atoms with Gasteiger partial charge in [0.25, 0.3) is 0 Å². The summed E-state index contributed by atoms with van der Waals surface area (Å²) >= 11 is 0. The molecule has 2 atom stereocenters. The first-order chi connectivity index (χ1) is 10.3. The third-order valence-corrected chi connectivity index (χ3v) is 5.68. The van der Waals surface area contributed by atoms with Crippen LogP contribution in [0.2, 0.25) is 0 Å². The summed E-state index contributed by atoms with van der Waals surface area (Å²) in [5.41, 5.74) is 0.877. The van der Waals surface area contributed by atoms with E-state index in [-0.39, 0.29) is 22.8 Å². The minimum atomic E-state index is -3.43. The molecule has 3 N–H and O–H groups in total. The first-order valence-electron chi connectivity index (χ1n) is 7.39. The Balaban J connectivity index is 2.00. The van der Waals surface area contributed by atoms with Crippen molar-refractivity contribution < 1.29 is 13.2 Å². The van der Waals surface area contributed by atoms with Gasteiger partial charge in [-0.25, -0.2) is 13.1 Å². The monoisotopic (exact) mass is 325 g/mol. The van der Waals surface area contributed by atoms with Crippen molar-refractivity contribution in [1.29, 1.82) is 0 Å². The van der Waals surface area contributed by atoms with E-state index in [0.29, 0.717) is 5.92 Å². The zero-order valence-corrected chi connectivity index (χ0v) is 13.9. The summed E-state index contributed by atoms with van der Waals surface area (Å²) in [7, 11) is -2.05. The highest BCUT2D eigenvalue weighted by Crippen LogP contribution is 2.19. The first-order valence-corrected chi connectivity index (χ1v) is 8.88. The van der Waals surface area contributed by atoms with Crippen molar-refractivity contribution in [3.8, 4) is 0 Å². The first kappa shape index (κ1) is 16.9. The van der Waals surface area contributed by atoms with Gasteiger partial charge in [0.1, 0.15) is 0 Å². The fourth-order valence-electron chi connectivity index (χ4n) is 2.36. The maximum Gasteiger partial charge on any atom is 0.240 e. The molecule has 0 saturated carbocycles. The highest BCUT2D eigenvalue weighted by Gasteiger charge is 2.29. The van der Waals surface area contributed by atoms with E-state index in [1.165, 1.54) is 7.05 Å². The molecule has 122 valence electrons. The van der Waals surface area contributed by atoms with Crippen LogP contribution in [0.4, 0.5) is 0 Å². The van der Waals surface area contributed by atoms with E-state index in [1.54, 1.807) is 24.3 Å². The molecule has 1 heterocycles. The molecule has 0 radical (unpaired) electrons. The lowest BCUT2D eigenvalue weighted by molar-refractivity contribution is -0.127. The average Bonchev–Trinajstić information content (AvgIpc) is 2.45. The molecule has 0 spiro atoms. The molecular formula is C15H23N3O3S. The van der Waals surface area contributed by atoms with Crippen LogP contribution in [0.3, 0.4) is 0 Å². The summed E-state index contributed by atoms with van der Waals surface area (Å²) in [6.07, 6.45) is 0. The minimum Gasteiger partial charge on any atom is -0.349 e. The van der Waals surface area contributed by atoms with Crippen molar-refractivity contribution in [2.75, 3.05) is 20.1 Å². The molecule has 6 nitrogen and oxygen atoms in total. The van der Waals surface area contributed by atoms with Crippen molar-refractivity contribution >= 4 is 15.9 Å². The Bertz CT molecular complexity index is 624. The van der Waals surface area contributed by atoms with Gasteiger partial charge in [0.05, 0.1) is 10.9 Å². The number of hydrogen-bond donors (Lipinski definition) is 3. The maximum absolute atomic E-state index is 12.2. The van der Waals surface area contributed by atoms with Gasteiger partial charge in [0.15, 0.2) is 0 Å². The number of hydrogen-bond acceptors (Lipinski definition) is 4. The Labute approximate surface area is 131 Å². The highest BCUT2D eigenvalue weighted by atomic mass is 32.2. The topological polar surface area (TPSA) is 87.3 Å². The predicted molar refractivity (Wildman–Crippen MR) is 84.8 cm³/mol. The van der Waals surface area contributed by atoms with Gasteiger partial charge in [-0.05, 0) is 50.7 Å². The lowest BCUT2D eigenvalue weighted by Gasteiger charge is -2.32. The smallest absolute Gasteiger partial charge is 0.240 e. The second-order valence-electron chi connectivity index (χ2n) is 5.71. The van der Waals surface area contributed by atoms with Gasteiger partial charge in [-0.1, -0.05) is 19.1 Å². The van der Waals surface area contributed by atoms with Gasteiger partial charge < -0.3 is 10.6 Å². The predicted octanol–water partition coefficient (Wildman–Crippen LogP) is 0.627. The van der Waals surface area contributed by atoms with Crippen LogP contribution in [0, 0.1) is 11.8 Å². The van der Waals surface area contributed by atoms with E-state index in [1.807, 2.05) is 13.8 Å². The Morgan fingerprint density at radius 1 is 1.23 bits per heavy atom. The molecule has 1 amide bonds. The molecule has 1 fully saturated rings. The number of carbonyl (C=O) groups is 1. The molecular weight excluding hydrogens is 302 g/mol. The number of benzene rings is 1. The summed E-state index contributed by atoms with van der Waals surface area (Å²) in [5.74, 6) is 0.411. The zero-order valence-electron chi connectivity index (χ0n) is 13.1. The fraction of sp³-hybridized carbons (Fsp3) is 0.533. The van der Waals surface area contributed by atoms with Crippen molar-refractivity contribution in [3.05, 3.63) is 29.8 Å². The Morgan fingerprint density at radius 3 is 2.27 bits per heavy atom. The summed E-state index contributed by atoms with van der Waals surface area (Å²) in [6, 6.07) is 6.39. The van der Waals surface area contributed by atoms with Gasteiger partial charge in [0, 0.05) is 5.92 Å². The van der Waals surface area contributed by atoms with Crippen LogP contribution < -0.4 is 15.4 Å². The third kappa shape index (κ3) is 3.66. The quantitative estimate of drug-likeness (QED) is 0.716. The van der Waals surface area contributed by atoms with Gasteiger partial charge in [-0.15, -0.1) is 0 Å². The summed E-state index contributed by atoms with van der Waals surface area (Å²) in [5, 5.41) is 6.15. The third-order valence-electron chi connectivity index (χ3n) is 4.25. The van der Waals surface area contributed by atoms with E-state index in [2.05, 4.69) is 15.4 Å². The molecule has 2 unspecified atom stereocenters. The standard InChI is InChI=1S/C15H23N3O3S/c1-10(13-8-17-9-13)15(19)18-11(2)12-4-6-14(7-5-12)22(20,21)16-3/h4-7,10-11,13,16-17H,8-9H2,1-3H3,(H,18,19). The molecule has 2 rings (SSSR count). The van der Waals surface area contributed by atoms with Gasteiger partial charge >= 0.3 is 0 Å². The number of carbonyl (C=O) groups excluding carboxylic acids is 1. The number of amides is 1. The molecule has 22 heavy (non-hydrogen) atoms. The molecule has 1 aromatic carbocycles. The van der Waals surface area contributed by atoms with E-state index in [9.17, 15) is 13.2 Å². The van der Waals surface area contributed by atoms with E-state index in [4.69, 9.17) is 0 Å². The lowest BCUT2D eigenvalue weighted by atomic mass is 9.88. The van der Waals surface area contributed by atoms with Gasteiger partial charge in [-0.3, -0.25) is 4.79 Å². The van der Waals surface area contributed by atoms with Gasteiger partial charge in [0.2, 0.25) is 15.9 Å². The summed E-state index contributed by atoms with van der Waals surface area (Å²) in [4.78, 5) is 12.4.